The average Bonchev–Trinajstić information content (AvgIpc) is 3.40. The van der Waals surface area contributed by atoms with Crippen molar-refractivity contribution >= 4 is 19.8 Å². The van der Waals surface area contributed by atoms with E-state index in [1.807, 2.05) is 0 Å². The summed E-state index contributed by atoms with van der Waals surface area (Å²) >= 11 is 0. The highest BCUT2D eigenvalue weighted by molar-refractivity contribution is 7.47. The van der Waals surface area contributed by atoms with Crippen LogP contribution in [-0.2, 0) is 32.7 Å². The molecule has 9 nitrogen and oxygen atoms in total. The van der Waals surface area contributed by atoms with Crippen molar-refractivity contribution in [2.75, 3.05) is 26.4 Å². The third-order valence-electron chi connectivity index (χ3n) is 14.2. The number of rotatable bonds is 61. The summed E-state index contributed by atoms with van der Waals surface area (Å²) in [7, 11) is -4.39. The molecule has 0 aliphatic rings. The second kappa shape index (κ2) is 61.2. The van der Waals surface area contributed by atoms with Crippen LogP contribution in [0.4, 0.5) is 0 Å². The molecule has 0 fully saturated rings. The van der Waals surface area contributed by atoms with E-state index in [1.54, 1.807) is 0 Å². The molecule has 0 spiro atoms. The van der Waals surface area contributed by atoms with Crippen molar-refractivity contribution in [3.8, 4) is 0 Å². The van der Waals surface area contributed by atoms with Crippen LogP contribution in [0.3, 0.4) is 0 Å². The van der Waals surface area contributed by atoms with Crippen molar-refractivity contribution in [2.45, 2.75) is 328 Å². The predicted octanol–water partition coefficient (Wildman–Crippen LogP) is 20.5. The highest BCUT2D eigenvalue weighted by Crippen LogP contribution is 2.43. The van der Waals surface area contributed by atoms with Crippen molar-refractivity contribution in [2.24, 2.45) is 5.73 Å². The van der Waals surface area contributed by atoms with Gasteiger partial charge in [-0.1, -0.05) is 287 Å². The van der Waals surface area contributed by atoms with Crippen LogP contribution in [0.2, 0.25) is 0 Å². The van der Waals surface area contributed by atoms with E-state index in [1.165, 1.54) is 218 Å². The minimum absolute atomic E-state index is 0.0504. The summed E-state index contributed by atoms with van der Waals surface area (Å²) < 4.78 is 33.0. The lowest BCUT2D eigenvalue weighted by Gasteiger charge is -2.19. The number of phosphoric ester groups is 1. The van der Waals surface area contributed by atoms with Gasteiger partial charge < -0.3 is 20.1 Å². The fourth-order valence-electron chi connectivity index (χ4n) is 9.47. The van der Waals surface area contributed by atoms with Gasteiger partial charge in [0.05, 0.1) is 13.2 Å². The van der Waals surface area contributed by atoms with Gasteiger partial charge in [0.1, 0.15) is 6.61 Å². The van der Waals surface area contributed by atoms with Crippen LogP contribution in [-0.4, -0.2) is 49.3 Å². The second-order valence-corrected chi connectivity index (χ2v) is 23.1. The number of allylic oxidation sites excluding steroid dienone is 8. The molecule has 10 heteroatoms. The van der Waals surface area contributed by atoms with Gasteiger partial charge in [0, 0.05) is 19.4 Å². The fraction of sp³-hybridized carbons (Fsp3) is 0.846. The van der Waals surface area contributed by atoms with Crippen molar-refractivity contribution in [3.63, 3.8) is 0 Å². The first-order chi connectivity index (χ1) is 36.8. The Kier molecular flexibility index (Phi) is 59.5. The first-order valence-corrected chi connectivity index (χ1v) is 33.6. The Morgan fingerprint density at radius 2 is 0.733 bits per heavy atom. The number of hydrogen-bond acceptors (Lipinski definition) is 8. The normalized spacial score (nSPS) is 13.3. The number of unbranched alkanes of at least 4 members (excludes halogenated alkanes) is 40. The van der Waals surface area contributed by atoms with Gasteiger partial charge in [0.2, 0.25) is 0 Å². The third kappa shape index (κ3) is 61.1. The largest absolute Gasteiger partial charge is 0.472 e. The summed E-state index contributed by atoms with van der Waals surface area (Å²) in [4.78, 5) is 35.1. The van der Waals surface area contributed by atoms with Gasteiger partial charge in [0.15, 0.2) is 6.10 Å². The summed E-state index contributed by atoms with van der Waals surface area (Å²) in [6, 6.07) is 0. The van der Waals surface area contributed by atoms with E-state index in [9.17, 15) is 19.0 Å². The molecule has 0 bridgehead atoms. The molecular weight excluding hydrogens is 954 g/mol. The molecule has 0 aromatic rings. The molecule has 0 rings (SSSR count). The Hall–Kier alpha value is -2.03. The molecule has 0 amide bonds. The van der Waals surface area contributed by atoms with E-state index >= 15 is 0 Å². The predicted molar refractivity (Wildman–Crippen MR) is 321 cm³/mol. The average molecular weight is 1080 g/mol. The molecule has 0 aliphatic carbocycles. The van der Waals surface area contributed by atoms with Gasteiger partial charge in [-0.15, -0.1) is 0 Å². The van der Waals surface area contributed by atoms with E-state index in [4.69, 9.17) is 24.3 Å². The second-order valence-electron chi connectivity index (χ2n) is 21.6. The summed E-state index contributed by atoms with van der Waals surface area (Å²) in [5.41, 5.74) is 5.38. The molecule has 0 saturated heterocycles. The SMILES string of the molecule is CC/C=C\C/C=C\C/C=C\CCCCCCCC(=O)OC(COC(=O)CCCCCCCCCCCCCCCCCCCCCCCCCCCCC/C=C\CCCCCCCCCC)COP(=O)(O)OCCN. The number of carbonyl (C=O) groups excluding carboxylic acids is 2. The molecule has 440 valence electrons. The van der Waals surface area contributed by atoms with Crippen LogP contribution in [0, 0.1) is 0 Å². The maximum absolute atomic E-state index is 12.7. The van der Waals surface area contributed by atoms with Crippen molar-refractivity contribution in [1.29, 1.82) is 0 Å². The molecule has 0 radical (unpaired) electrons. The topological polar surface area (TPSA) is 134 Å². The Morgan fingerprint density at radius 1 is 0.413 bits per heavy atom. The van der Waals surface area contributed by atoms with E-state index in [0.29, 0.717) is 6.42 Å². The number of phosphoric acid groups is 1. The zero-order valence-electron chi connectivity index (χ0n) is 49.3. The number of hydrogen-bond donors (Lipinski definition) is 2. The van der Waals surface area contributed by atoms with Gasteiger partial charge in [-0.3, -0.25) is 18.6 Å². The minimum Gasteiger partial charge on any atom is -0.462 e. The van der Waals surface area contributed by atoms with E-state index in [-0.39, 0.29) is 38.6 Å². The van der Waals surface area contributed by atoms with E-state index < -0.39 is 26.5 Å². The molecule has 0 heterocycles. The van der Waals surface area contributed by atoms with Gasteiger partial charge in [0.25, 0.3) is 0 Å². The quantitative estimate of drug-likeness (QED) is 0.0264. The van der Waals surface area contributed by atoms with E-state index in [0.717, 1.165) is 70.6 Å². The molecular formula is C65H122NO8P. The Morgan fingerprint density at radius 3 is 1.11 bits per heavy atom. The first kappa shape index (κ1) is 73.0. The number of esters is 2. The fourth-order valence-corrected chi connectivity index (χ4v) is 10.2. The highest BCUT2D eigenvalue weighted by atomic mass is 31.2. The van der Waals surface area contributed by atoms with Crippen molar-refractivity contribution < 1.29 is 37.6 Å². The zero-order valence-corrected chi connectivity index (χ0v) is 50.2. The number of carbonyl (C=O) groups is 2. The Bertz CT molecular complexity index is 1370. The van der Waals surface area contributed by atoms with Crippen LogP contribution in [0.1, 0.15) is 322 Å². The third-order valence-corrected chi connectivity index (χ3v) is 15.2. The highest BCUT2D eigenvalue weighted by Gasteiger charge is 2.26. The molecule has 0 aromatic heterocycles. The standard InChI is InChI=1S/C65H122NO8P/c1-3-5-7-9-11-13-15-17-19-20-21-22-23-24-25-26-27-28-29-30-31-32-33-34-35-36-37-38-39-40-41-42-44-45-47-49-51-53-55-57-64(67)71-61-63(62-73-75(69,70)72-60-59-66)74-65(68)58-56-54-52-50-48-46-43-18-16-14-12-10-8-6-4-2/h6,8,12,14,18,20-21,43,63H,3-5,7,9-11,13,15-17,19,22-42,44-62,66H2,1-2H3,(H,69,70)/b8-6-,14-12-,21-20-,43-18-. The van der Waals surface area contributed by atoms with Gasteiger partial charge >= 0.3 is 19.8 Å². The lowest BCUT2D eigenvalue weighted by molar-refractivity contribution is -0.161. The summed E-state index contributed by atoms with van der Waals surface area (Å²) in [5.74, 6) is -0.836. The number of ether oxygens (including phenoxy) is 2. The monoisotopic (exact) mass is 1080 g/mol. The summed E-state index contributed by atoms with van der Waals surface area (Å²) in [6.07, 6.45) is 76.6. The molecule has 0 aliphatic heterocycles. The molecule has 0 aromatic carbocycles. The van der Waals surface area contributed by atoms with E-state index in [2.05, 4.69) is 62.5 Å². The maximum atomic E-state index is 12.7. The van der Waals surface area contributed by atoms with Gasteiger partial charge in [-0.2, -0.15) is 0 Å². The van der Waals surface area contributed by atoms with Gasteiger partial charge in [-0.05, 0) is 70.6 Å². The maximum Gasteiger partial charge on any atom is 0.472 e. The van der Waals surface area contributed by atoms with Crippen molar-refractivity contribution in [3.05, 3.63) is 48.6 Å². The van der Waals surface area contributed by atoms with Crippen LogP contribution in [0.15, 0.2) is 48.6 Å². The summed E-state index contributed by atoms with van der Waals surface area (Å²) in [5, 5.41) is 0. The summed E-state index contributed by atoms with van der Waals surface area (Å²) in [6.45, 7) is 3.64. The first-order valence-electron chi connectivity index (χ1n) is 32.1. The van der Waals surface area contributed by atoms with Crippen LogP contribution in [0.25, 0.3) is 0 Å². The molecule has 75 heavy (non-hydrogen) atoms. The minimum atomic E-state index is -4.39. The lowest BCUT2D eigenvalue weighted by Crippen LogP contribution is -2.29. The van der Waals surface area contributed by atoms with Crippen LogP contribution < -0.4 is 5.73 Å². The Balaban J connectivity index is 3.73. The lowest BCUT2D eigenvalue weighted by atomic mass is 10.0. The zero-order chi connectivity index (χ0) is 54.5. The van der Waals surface area contributed by atoms with Crippen LogP contribution in [0.5, 0.6) is 0 Å². The Labute approximate surface area is 464 Å². The molecule has 2 atom stereocenters. The molecule has 2 unspecified atom stereocenters. The van der Waals surface area contributed by atoms with Gasteiger partial charge in [-0.25, -0.2) is 4.57 Å². The molecule has 0 saturated carbocycles. The van der Waals surface area contributed by atoms with Crippen LogP contribution >= 0.6 is 7.82 Å². The smallest absolute Gasteiger partial charge is 0.462 e. The van der Waals surface area contributed by atoms with Crippen molar-refractivity contribution in [1.82, 2.24) is 0 Å². The number of nitrogens with two attached hydrogens (primary N) is 1. The molecule has 3 N–H and O–H groups in total.